The van der Waals surface area contributed by atoms with E-state index in [4.69, 9.17) is 4.74 Å². The fourth-order valence-corrected chi connectivity index (χ4v) is 4.64. The second kappa shape index (κ2) is 5.37. The Bertz CT molecular complexity index is 443. The van der Waals surface area contributed by atoms with Gasteiger partial charge < -0.3 is 9.64 Å². The molecule has 1 aromatic rings. The van der Waals surface area contributed by atoms with Crippen molar-refractivity contribution in [2.24, 2.45) is 17.8 Å². The third-order valence-corrected chi connectivity index (χ3v) is 5.25. The molecule has 1 aliphatic carbocycles. The van der Waals surface area contributed by atoms with E-state index in [9.17, 15) is 0 Å². The minimum atomic E-state index is 0. The summed E-state index contributed by atoms with van der Waals surface area (Å²) >= 11 is 2.29. The van der Waals surface area contributed by atoms with Crippen LogP contribution in [0.5, 0.6) is 5.75 Å². The van der Waals surface area contributed by atoms with Gasteiger partial charge in [0.05, 0.1) is 6.20 Å². The van der Waals surface area contributed by atoms with Gasteiger partial charge in [0.1, 0.15) is 11.9 Å². The number of hydrogen-bond donors (Lipinski definition) is 0. The zero-order valence-corrected chi connectivity index (χ0v) is 13.6. The van der Waals surface area contributed by atoms with Crippen LogP contribution in [0, 0.1) is 21.3 Å². The maximum atomic E-state index is 6.28. The molecule has 2 atom stereocenters. The van der Waals surface area contributed by atoms with Crippen molar-refractivity contribution >= 4 is 35.0 Å². The zero-order chi connectivity index (χ0) is 12.1. The van der Waals surface area contributed by atoms with E-state index in [0.29, 0.717) is 6.10 Å². The number of ether oxygens (including phenoxy) is 1. The highest BCUT2D eigenvalue weighted by molar-refractivity contribution is 14.1. The molecule has 0 N–H and O–H groups in total. The van der Waals surface area contributed by atoms with E-state index >= 15 is 0 Å². The van der Waals surface area contributed by atoms with Crippen molar-refractivity contribution in [2.45, 2.75) is 18.9 Å². The first-order chi connectivity index (χ1) is 8.78. The first kappa shape index (κ1) is 13.9. The van der Waals surface area contributed by atoms with Crippen LogP contribution in [0.1, 0.15) is 12.8 Å². The third kappa shape index (κ3) is 2.59. The molecule has 0 radical (unpaired) electrons. The lowest BCUT2D eigenvalue weighted by Gasteiger charge is -2.55. The van der Waals surface area contributed by atoms with Crippen molar-refractivity contribution < 1.29 is 4.74 Å². The van der Waals surface area contributed by atoms with Crippen LogP contribution >= 0.6 is 35.0 Å². The van der Waals surface area contributed by atoms with Crippen molar-refractivity contribution in [3.05, 3.63) is 22.0 Å². The van der Waals surface area contributed by atoms with Gasteiger partial charge >= 0.3 is 0 Å². The molecule has 1 aromatic heterocycles. The summed E-state index contributed by atoms with van der Waals surface area (Å²) in [5.41, 5.74) is 0. The molecule has 3 nitrogen and oxygen atoms in total. The third-order valence-electron chi connectivity index (χ3n) is 4.66. The lowest BCUT2D eigenvalue weighted by molar-refractivity contribution is -0.0985. The molecule has 0 aromatic carbocycles. The van der Waals surface area contributed by atoms with Crippen molar-refractivity contribution in [2.75, 3.05) is 19.6 Å². The molecule has 0 spiro atoms. The smallest absolute Gasteiger partial charge is 0.139 e. The zero-order valence-electron chi connectivity index (χ0n) is 10.7. The summed E-state index contributed by atoms with van der Waals surface area (Å²) in [7, 11) is 0. The fraction of sp³-hybridized carbons (Fsp3) is 0.643. The van der Waals surface area contributed by atoms with E-state index in [1.165, 1.54) is 32.5 Å². The average molecular weight is 393 g/mol. The van der Waals surface area contributed by atoms with E-state index in [1.807, 2.05) is 12.4 Å². The van der Waals surface area contributed by atoms with Crippen molar-refractivity contribution in [1.29, 1.82) is 0 Å². The Labute approximate surface area is 133 Å². The second-order valence-electron chi connectivity index (χ2n) is 6.00. The maximum absolute atomic E-state index is 6.28. The fourth-order valence-electron chi connectivity index (χ4n) is 4.17. The van der Waals surface area contributed by atoms with E-state index in [-0.39, 0.29) is 12.4 Å². The molecule has 3 aliphatic heterocycles. The molecule has 4 bridgehead atoms. The van der Waals surface area contributed by atoms with Crippen molar-refractivity contribution in [3.8, 4) is 5.75 Å². The summed E-state index contributed by atoms with van der Waals surface area (Å²) in [6.45, 7) is 3.83. The number of halogens is 2. The van der Waals surface area contributed by atoms with Gasteiger partial charge in [-0.15, -0.1) is 12.4 Å². The van der Waals surface area contributed by atoms with Crippen LogP contribution in [-0.2, 0) is 0 Å². The highest BCUT2D eigenvalue weighted by Crippen LogP contribution is 2.44. The van der Waals surface area contributed by atoms with E-state index < -0.39 is 0 Å². The number of rotatable bonds is 2. The van der Waals surface area contributed by atoms with Gasteiger partial charge in [0, 0.05) is 41.2 Å². The minimum Gasteiger partial charge on any atom is -0.488 e. The Hall–Kier alpha value is -0.0700. The maximum Gasteiger partial charge on any atom is 0.139 e. The van der Waals surface area contributed by atoms with Crippen molar-refractivity contribution in [3.63, 3.8) is 0 Å². The molecule has 3 saturated heterocycles. The molecule has 104 valence electrons. The summed E-state index contributed by atoms with van der Waals surface area (Å²) in [6, 6.07) is 2.10. The standard InChI is InChI=1S/C14H17IN2O.ClH/c15-12-3-13(5-16-4-12)18-14-10-1-9-2-11(14)8-17(6-9)7-10;/h3-5,9-11,14H,1-2,6-8H2;1H. The second-order valence-corrected chi connectivity index (χ2v) is 7.24. The topological polar surface area (TPSA) is 25.4 Å². The first-order valence-corrected chi connectivity index (χ1v) is 7.85. The number of piperidine rings is 3. The Morgan fingerprint density at radius 2 is 1.89 bits per heavy atom. The van der Waals surface area contributed by atoms with Crippen LogP contribution in [0.15, 0.2) is 18.5 Å². The van der Waals surface area contributed by atoms with Gasteiger partial charge in [-0.1, -0.05) is 0 Å². The Balaban J connectivity index is 0.00000110. The molecule has 1 saturated carbocycles. The molecule has 0 amide bonds. The molecule has 5 heteroatoms. The van der Waals surface area contributed by atoms with Gasteiger partial charge in [0.25, 0.3) is 0 Å². The van der Waals surface area contributed by atoms with Gasteiger partial charge in [-0.3, -0.25) is 4.98 Å². The van der Waals surface area contributed by atoms with Gasteiger partial charge in [-0.05, 0) is 47.4 Å². The van der Waals surface area contributed by atoms with Crippen molar-refractivity contribution in [1.82, 2.24) is 9.88 Å². The molecule has 4 heterocycles. The van der Waals surface area contributed by atoms with Crippen LogP contribution in [0.4, 0.5) is 0 Å². The van der Waals surface area contributed by atoms with Crippen LogP contribution in [0.25, 0.3) is 0 Å². The summed E-state index contributed by atoms with van der Waals surface area (Å²) in [5, 5.41) is 0. The monoisotopic (exact) mass is 392 g/mol. The first-order valence-electron chi connectivity index (χ1n) is 6.77. The minimum absolute atomic E-state index is 0. The van der Waals surface area contributed by atoms with E-state index in [2.05, 4.69) is 38.5 Å². The highest BCUT2D eigenvalue weighted by atomic mass is 127. The average Bonchev–Trinajstić information content (AvgIpc) is 2.33. The summed E-state index contributed by atoms with van der Waals surface area (Å²) in [4.78, 5) is 6.86. The van der Waals surface area contributed by atoms with Gasteiger partial charge in [-0.25, -0.2) is 0 Å². The van der Waals surface area contributed by atoms with Crippen LogP contribution in [0.3, 0.4) is 0 Å². The number of aromatic nitrogens is 1. The molecular formula is C14H18ClIN2O. The van der Waals surface area contributed by atoms with Gasteiger partial charge in [0.15, 0.2) is 0 Å². The molecule has 2 unspecified atom stereocenters. The Kier molecular flexibility index (Phi) is 3.93. The van der Waals surface area contributed by atoms with E-state index in [0.717, 1.165) is 27.1 Å². The molecular weight excluding hydrogens is 375 g/mol. The summed E-state index contributed by atoms with van der Waals surface area (Å²) < 4.78 is 7.43. The SMILES string of the molecule is Cl.Ic1cncc(OC2C3CC4CC2CN(C4)C3)c1. The molecule has 4 fully saturated rings. The number of pyridine rings is 1. The number of nitrogens with zero attached hydrogens (tertiary/aromatic N) is 2. The molecule has 19 heavy (non-hydrogen) atoms. The van der Waals surface area contributed by atoms with Crippen LogP contribution in [-0.4, -0.2) is 35.6 Å². The Morgan fingerprint density at radius 3 is 2.53 bits per heavy atom. The summed E-state index contributed by atoms with van der Waals surface area (Å²) in [5.74, 6) is 3.38. The highest BCUT2D eigenvalue weighted by Gasteiger charge is 2.48. The lowest BCUT2D eigenvalue weighted by Crippen LogP contribution is -2.61. The molecule has 5 rings (SSSR count). The Morgan fingerprint density at radius 1 is 1.16 bits per heavy atom. The predicted molar refractivity (Wildman–Crippen MR) is 84.8 cm³/mol. The van der Waals surface area contributed by atoms with Gasteiger partial charge in [-0.2, -0.15) is 0 Å². The number of hydrogen-bond acceptors (Lipinski definition) is 3. The van der Waals surface area contributed by atoms with Crippen LogP contribution < -0.4 is 4.74 Å². The van der Waals surface area contributed by atoms with E-state index in [1.54, 1.807) is 0 Å². The molecule has 4 aliphatic rings. The van der Waals surface area contributed by atoms with Gasteiger partial charge in [0.2, 0.25) is 0 Å². The predicted octanol–water partition coefficient (Wildman–Crippen LogP) is 2.83. The van der Waals surface area contributed by atoms with Crippen LogP contribution in [0.2, 0.25) is 0 Å². The summed E-state index contributed by atoms with van der Waals surface area (Å²) in [6.07, 6.45) is 6.89. The largest absolute Gasteiger partial charge is 0.488 e. The lowest BCUT2D eigenvalue weighted by atomic mass is 9.66. The normalized spacial score (nSPS) is 38.9. The quantitative estimate of drug-likeness (QED) is 0.724.